The third kappa shape index (κ3) is 4.28. The Bertz CT molecular complexity index is 952. The molecule has 1 amide bonds. The number of sulfonamides is 1. The number of amides is 1. The minimum atomic E-state index is -3.80. The van der Waals surface area contributed by atoms with Crippen LogP contribution in [-0.4, -0.2) is 49.7 Å². The smallest absolute Gasteiger partial charge is 0.256 e. The number of hydrogen-bond acceptors (Lipinski definition) is 3. The first-order valence-corrected chi connectivity index (χ1v) is 10.1. The summed E-state index contributed by atoms with van der Waals surface area (Å²) >= 11 is 5.84. The molecule has 0 radical (unpaired) electrons. The molecule has 0 aliphatic carbocycles. The van der Waals surface area contributed by atoms with Crippen LogP contribution in [0.4, 0.5) is 8.78 Å². The molecule has 2 aromatic carbocycles. The highest BCUT2D eigenvalue weighted by molar-refractivity contribution is 7.89. The van der Waals surface area contributed by atoms with Gasteiger partial charge in [-0.25, -0.2) is 17.2 Å². The van der Waals surface area contributed by atoms with E-state index < -0.39 is 27.6 Å². The van der Waals surface area contributed by atoms with Crippen molar-refractivity contribution in [3.05, 3.63) is 64.7 Å². The number of rotatable bonds is 3. The van der Waals surface area contributed by atoms with Crippen LogP contribution >= 0.6 is 11.6 Å². The average Bonchev–Trinajstić information content (AvgIpc) is 2.90. The lowest BCUT2D eigenvalue weighted by Gasteiger charge is -2.22. The van der Waals surface area contributed by atoms with E-state index in [0.717, 1.165) is 18.2 Å². The van der Waals surface area contributed by atoms with Crippen molar-refractivity contribution in [2.45, 2.75) is 11.3 Å². The van der Waals surface area contributed by atoms with Crippen LogP contribution in [0.1, 0.15) is 16.8 Å². The van der Waals surface area contributed by atoms with Crippen LogP contribution in [0.5, 0.6) is 0 Å². The van der Waals surface area contributed by atoms with Crippen LogP contribution in [0.15, 0.2) is 47.4 Å². The Morgan fingerprint density at radius 2 is 1.67 bits per heavy atom. The van der Waals surface area contributed by atoms with Crippen molar-refractivity contribution in [1.82, 2.24) is 9.21 Å². The minimum Gasteiger partial charge on any atom is -0.337 e. The zero-order chi connectivity index (χ0) is 19.6. The van der Waals surface area contributed by atoms with Gasteiger partial charge in [0.1, 0.15) is 11.6 Å². The number of halogens is 3. The molecule has 1 fully saturated rings. The van der Waals surface area contributed by atoms with Crippen molar-refractivity contribution in [3.63, 3.8) is 0 Å². The zero-order valence-corrected chi connectivity index (χ0v) is 15.8. The molecule has 0 bridgehead atoms. The molecule has 1 aliphatic rings. The molecule has 2 aromatic rings. The summed E-state index contributed by atoms with van der Waals surface area (Å²) in [6, 6.07) is 8.33. The number of carbonyl (C=O) groups is 1. The van der Waals surface area contributed by atoms with Crippen LogP contribution in [0.3, 0.4) is 0 Å². The van der Waals surface area contributed by atoms with Gasteiger partial charge in [-0.05, 0) is 48.9 Å². The van der Waals surface area contributed by atoms with Crippen LogP contribution in [0, 0.1) is 11.6 Å². The van der Waals surface area contributed by atoms with Gasteiger partial charge < -0.3 is 4.90 Å². The molecule has 144 valence electrons. The molecule has 0 N–H and O–H groups in total. The Kier molecular flexibility index (Phi) is 5.78. The van der Waals surface area contributed by atoms with E-state index >= 15 is 0 Å². The van der Waals surface area contributed by atoms with Crippen molar-refractivity contribution in [3.8, 4) is 0 Å². The third-order valence-corrected chi connectivity index (χ3v) is 6.50. The Morgan fingerprint density at radius 1 is 0.963 bits per heavy atom. The fourth-order valence-corrected chi connectivity index (χ4v) is 4.57. The van der Waals surface area contributed by atoms with Gasteiger partial charge in [-0.15, -0.1) is 0 Å². The summed E-state index contributed by atoms with van der Waals surface area (Å²) < 4.78 is 53.7. The van der Waals surface area contributed by atoms with Crippen molar-refractivity contribution < 1.29 is 22.0 Å². The average molecular weight is 415 g/mol. The fraction of sp³-hybridized carbons (Fsp3) is 0.278. The van der Waals surface area contributed by atoms with Crippen molar-refractivity contribution in [1.29, 1.82) is 0 Å². The fourth-order valence-electron chi connectivity index (χ4n) is 2.92. The summed E-state index contributed by atoms with van der Waals surface area (Å²) in [4.78, 5) is 14.0. The summed E-state index contributed by atoms with van der Waals surface area (Å²) in [5, 5.41) is 0.245. The van der Waals surface area contributed by atoms with E-state index in [2.05, 4.69) is 0 Å². The summed E-state index contributed by atoms with van der Waals surface area (Å²) in [5.41, 5.74) is -0.141. The molecular formula is C18H17ClF2N2O3S. The van der Waals surface area contributed by atoms with Gasteiger partial charge in [0.25, 0.3) is 5.91 Å². The van der Waals surface area contributed by atoms with E-state index in [-0.39, 0.29) is 35.1 Å². The van der Waals surface area contributed by atoms with Crippen molar-refractivity contribution in [2.75, 3.05) is 26.2 Å². The summed E-state index contributed by atoms with van der Waals surface area (Å²) in [6.07, 6.45) is 0.397. The van der Waals surface area contributed by atoms with Gasteiger partial charge in [0.2, 0.25) is 10.0 Å². The van der Waals surface area contributed by atoms with Gasteiger partial charge in [0.15, 0.2) is 0 Å². The van der Waals surface area contributed by atoms with Crippen molar-refractivity contribution in [2.24, 2.45) is 0 Å². The molecule has 0 spiro atoms. The lowest BCUT2D eigenvalue weighted by atomic mass is 10.2. The van der Waals surface area contributed by atoms with Crippen molar-refractivity contribution >= 4 is 27.5 Å². The largest absolute Gasteiger partial charge is 0.337 e. The monoisotopic (exact) mass is 414 g/mol. The van der Waals surface area contributed by atoms with Gasteiger partial charge in [-0.3, -0.25) is 4.79 Å². The molecule has 27 heavy (non-hydrogen) atoms. The minimum absolute atomic E-state index is 0.00966. The number of nitrogens with zero attached hydrogens (tertiary/aromatic N) is 2. The molecule has 1 aliphatic heterocycles. The molecule has 0 aromatic heterocycles. The third-order valence-electron chi connectivity index (χ3n) is 4.35. The first-order valence-electron chi connectivity index (χ1n) is 8.29. The SMILES string of the molecule is O=C(c1cc(Cl)ccc1F)N1CCCN(S(=O)(=O)c2ccc(F)cc2)CC1. The van der Waals surface area contributed by atoms with Gasteiger partial charge in [0, 0.05) is 31.2 Å². The van der Waals surface area contributed by atoms with Crippen LogP contribution in [0.25, 0.3) is 0 Å². The van der Waals surface area contributed by atoms with E-state index in [9.17, 15) is 22.0 Å². The summed E-state index contributed by atoms with van der Waals surface area (Å²) in [7, 11) is -3.80. The lowest BCUT2D eigenvalue weighted by molar-refractivity contribution is 0.0759. The van der Waals surface area contributed by atoms with E-state index in [0.29, 0.717) is 13.0 Å². The maximum Gasteiger partial charge on any atom is 0.256 e. The summed E-state index contributed by atoms with van der Waals surface area (Å²) in [6.45, 7) is 0.681. The second-order valence-corrected chi connectivity index (χ2v) is 8.50. The van der Waals surface area contributed by atoms with Gasteiger partial charge in [0.05, 0.1) is 10.5 Å². The van der Waals surface area contributed by atoms with E-state index in [4.69, 9.17) is 11.6 Å². The first-order chi connectivity index (χ1) is 12.8. The Labute approximate surface area is 161 Å². The predicted molar refractivity (Wildman–Crippen MR) is 97.1 cm³/mol. The quantitative estimate of drug-likeness (QED) is 0.775. The van der Waals surface area contributed by atoms with E-state index in [1.807, 2.05) is 0 Å². The van der Waals surface area contributed by atoms with Crippen LogP contribution < -0.4 is 0 Å². The molecule has 9 heteroatoms. The standard InChI is InChI=1S/C18H17ClF2N2O3S/c19-13-2-7-17(21)16(12-13)18(24)22-8-1-9-23(11-10-22)27(25,26)15-5-3-14(20)4-6-15/h2-7,12H,1,8-11H2. The Balaban J connectivity index is 1.76. The summed E-state index contributed by atoms with van der Waals surface area (Å²) in [5.74, 6) is -1.73. The van der Waals surface area contributed by atoms with E-state index in [1.54, 1.807) is 0 Å². The first kappa shape index (κ1) is 19.7. The number of carbonyl (C=O) groups excluding carboxylic acids is 1. The normalized spacial score (nSPS) is 16.2. The molecule has 3 rings (SSSR count). The maximum atomic E-state index is 14.0. The number of hydrogen-bond donors (Lipinski definition) is 0. The molecule has 0 saturated carbocycles. The second kappa shape index (κ2) is 7.92. The van der Waals surface area contributed by atoms with Gasteiger partial charge >= 0.3 is 0 Å². The molecule has 0 atom stereocenters. The lowest BCUT2D eigenvalue weighted by Crippen LogP contribution is -2.37. The number of benzene rings is 2. The molecule has 0 unspecified atom stereocenters. The Morgan fingerprint density at radius 3 is 2.37 bits per heavy atom. The van der Waals surface area contributed by atoms with Gasteiger partial charge in [-0.1, -0.05) is 11.6 Å². The molecular weight excluding hydrogens is 398 g/mol. The Hall–Kier alpha value is -2.03. The highest BCUT2D eigenvalue weighted by Crippen LogP contribution is 2.21. The second-order valence-electron chi connectivity index (χ2n) is 6.13. The molecule has 5 nitrogen and oxygen atoms in total. The van der Waals surface area contributed by atoms with Gasteiger partial charge in [-0.2, -0.15) is 4.31 Å². The zero-order valence-electron chi connectivity index (χ0n) is 14.2. The maximum absolute atomic E-state index is 14.0. The molecule has 1 heterocycles. The predicted octanol–water partition coefficient (Wildman–Crippen LogP) is 3.16. The van der Waals surface area contributed by atoms with E-state index in [1.165, 1.54) is 33.5 Å². The van der Waals surface area contributed by atoms with Crippen LogP contribution in [-0.2, 0) is 10.0 Å². The topological polar surface area (TPSA) is 57.7 Å². The highest BCUT2D eigenvalue weighted by Gasteiger charge is 2.29. The molecule has 1 saturated heterocycles. The highest BCUT2D eigenvalue weighted by atomic mass is 35.5. The van der Waals surface area contributed by atoms with Crippen LogP contribution in [0.2, 0.25) is 5.02 Å².